The molecular weight excluding hydrogens is 344 g/mol. The van der Waals surface area contributed by atoms with Crippen molar-refractivity contribution < 1.29 is 4.79 Å². The van der Waals surface area contributed by atoms with E-state index >= 15 is 0 Å². The number of thiazole rings is 1. The van der Waals surface area contributed by atoms with E-state index in [0.717, 1.165) is 32.3 Å². The van der Waals surface area contributed by atoms with Gasteiger partial charge in [-0.1, -0.05) is 18.2 Å². The van der Waals surface area contributed by atoms with Crippen LogP contribution in [0.1, 0.15) is 26.8 Å². The molecule has 0 saturated carbocycles. The van der Waals surface area contributed by atoms with Crippen LogP contribution in [0, 0.1) is 20.8 Å². The van der Waals surface area contributed by atoms with Crippen LogP contribution in [-0.2, 0) is 0 Å². The minimum atomic E-state index is -0.150. The van der Waals surface area contributed by atoms with Crippen LogP contribution in [0.4, 0.5) is 5.69 Å². The summed E-state index contributed by atoms with van der Waals surface area (Å²) in [5.41, 5.74) is 4.79. The van der Waals surface area contributed by atoms with Gasteiger partial charge >= 0.3 is 0 Å². The highest BCUT2D eigenvalue weighted by Crippen LogP contribution is 2.26. The number of benzene rings is 2. The van der Waals surface area contributed by atoms with Crippen LogP contribution in [0.3, 0.4) is 0 Å². The van der Waals surface area contributed by atoms with Gasteiger partial charge < -0.3 is 5.32 Å². The van der Waals surface area contributed by atoms with Gasteiger partial charge in [0.2, 0.25) is 0 Å². The smallest absolute Gasteiger partial charge is 0.259 e. The summed E-state index contributed by atoms with van der Waals surface area (Å²) < 4.78 is 2.87. The summed E-state index contributed by atoms with van der Waals surface area (Å²) in [6.45, 7) is 5.75. The molecule has 0 radical (unpaired) electrons. The summed E-state index contributed by atoms with van der Waals surface area (Å²) in [7, 11) is 0. The average molecular weight is 362 g/mol. The number of carbonyl (C=O) groups excluding carboxylic acids is 1. The van der Waals surface area contributed by atoms with Crippen LogP contribution in [0.5, 0.6) is 0 Å². The summed E-state index contributed by atoms with van der Waals surface area (Å²) in [5, 5.41) is 8.55. The first-order valence-corrected chi connectivity index (χ1v) is 9.15. The fraction of sp³-hybridized carbons (Fsp3) is 0.150. The molecule has 1 amide bonds. The number of para-hydroxylation sites is 1. The van der Waals surface area contributed by atoms with E-state index < -0.39 is 0 Å². The molecule has 4 aromatic rings. The zero-order valence-corrected chi connectivity index (χ0v) is 15.6. The van der Waals surface area contributed by atoms with Gasteiger partial charge in [0.05, 0.1) is 37.9 Å². The molecule has 0 saturated heterocycles. The number of carbonyl (C=O) groups is 1. The Morgan fingerprint density at radius 3 is 2.62 bits per heavy atom. The van der Waals surface area contributed by atoms with Crippen molar-refractivity contribution in [2.75, 3.05) is 5.32 Å². The van der Waals surface area contributed by atoms with Crippen molar-refractivity contribution >= 4 is 33.1 Å². The Balaban J connectivity index is 1.66. The van der Waals surface area contributed by atoms with E-state index in [-0.39, 0.29) is 5.91 Å². The molecule has 0 bridgehead atoms. The molecule has 0 aliphatic rings. The SMILES string of the molecule is Cc1nc2ccc(NC(=O)c3c(C)nn(-c4ccccc4)c3C)cc2s1. The number of anilines is 1. The monoisotopic (exact) mass is 362 g/mol. The lowest BCUT2D eigenvalue weighted by atomic mass is 10.1. The molecule has 26 heavy (non-hydrogen) atoms. The number of aryl methyl sites for hydroxylation is 2. The van der Waals surface area contributed by atoms with Crippen molar-refractivity contribution in [2.24, 2.45) is 0 Å². The number of rotatable bonds is 3. The van der Waals surface area contributed by atoms with Crippen LogP contribution in [-0.4, -0.2) is 20.7 Å². The maximum absolute atomic E-state index is 12.9. The normalized spacial score (nSPS) is 11.0. The van der Waals surface area contributed by atoms with Crippen molar-refractivity contribution in [3.8, 4) is 5.69 Å². The first-order valence-electron chi connectivity index (χ1n) is 8.33. The lowest BCUT2D eigenvalue weighted by Crippen LogP contribution is -2.14. The molecule has 0 atom stereocenters. The van der Waals surface area contributed by atoms with Crippen molar-refractivity contribution in [2.45, 2.75) is 20.8 Å². The Kier molecular flexibility index (Phi) is 4.05. The molecule has 0 aliphatic carbocycles. The van der Waals surface area contributed by atoms with E-state index in [9.17, 15) is 4.79 Å². The molecule has 5 nitrogen and oxygen atoms in total. The molecule has 2 heterocycles. The zero-order valence-electron chi connectivity index (χ0n) is 14.8. The van der Waals surface area contributed by atoms with Crippen LogP contribution >= 0.6 is 11.3 Å². The second kappa shape index (κ2) is 6.38. The largest absolute Gasteiger partial charge is 0.322 e. The number of aromatic nitrogens is 3. The third kappa shape index (κ3) is 2.88. The Morgan fingerprint density at radius 2 is 1.85 bits per heavy atom. The molecule has 0 fully saturated rings. The number of hydrogen-bond acceptors (Lipinski definition) is 4. The van der Waals surface area contributed by atoms with Gasteiger partial charge in [0, 0.05) is 5.69 Å². The van der Waals surface area contributed by atoms with Crippen molar-refractivity contribution in [1.82, 2.24) is 14.8 Å². The summed E-state index contributed by atoms with van der Waals surface area (Å²) >= 11 is 1.62. The Bertz CT molecular complexity index is 1110. The minimum Gasteiger partial charge on any atom is -0.322 e. The van der Waals surface area contributed by atoms with Crippen molar-refractivity contribution in [3.63, 3.8) is 0 Å². The van der Waals surface area contributed by atoms with Gasteiger partial charge in [-0.05, 0) is 51.1 Å². The second-order valence-corrected chi connectivity index (χ2v) is 7.40. The van der Waals surface area contributed by atoms with Crippen LogP contribution in [0.25, 0.3) is 15.9 Å². The molecule has 0 aliphatic heterocycles. The Hall–Kier alpha value is -2.99. The summed E-state index contributed by atoms with van der Waals surface area (Å²) in [4.78, 5) is 17.3. The predicted molar refractivity (Wildman–Crippen MR) is 105 cm³/mol. The fourth-order valence-electron chi connectivity index (χ4n) is 3.10. The maximum Gasteiger partial charge on any atom is 0.259 e. The minimum absolute atomic E-state index is 0.150. The third-order valence-corrected chi connectivity index (χ3v) is 5.21. The topological polar surface area (TPSA) is 59.8 Å². The zero-order chi connectivity index (χ0) is 18.3. The first kappa shape index (κ1) is 16.5. The summed E-state index contributed by atoms with van der Waals surface area (Å²) in [6, 6.07) is 15.6. The Morgan fingerprint density at radius 1 is 1.08 bits per heavy atom. The van der Waals surface area contributed by atoms with Crippen LogP contribution in [0.15, 0.2) is 48.5 Å². The number of hydrogen-bond donors (Lipinski definition) is 1. The molecule has 2 aromatic heterocycles. The quantitative estimate of drug-likeness (QED) is 0.577. The lowest BCUT2D eigenvalue weighted by Gasteiger charge is -2.07. The predicted octanol–water partition coefficient (Wildman–Crippen LogP) is 4.66. The van der Waals surface area contributed by atoms with E-state index in [1.807, 2.05) is 69.3 Å². The van der Waals surface area contributed by atoms with E-state index in [2.05, 4.69) is 15.4 Å². The van der Waals surface area contributed by atoms with E-state index in [4.69, 9.17) is 0 Å². The van der Waals surface area contributed by atoms with Crippen LogP contribution < -0.4 is 5.32 Å². The van der Waals surface area contributed by atoms with E-state index in [0.29, 0.717) is 11.3 Å². The molecule has 0 unspecified atom stereocenters. The standard InChI is InChI=1S/C20H18N4OS/c1-12-19(13(2)24(23-12)16-7-5-4-6-8-16)20(25)22-15-9-10-17-18(11-15)26-14(3)21-17/h4-11H,1-3H3,(H,22,25). The van der Waals surface area contributed by atoms with Gasteiger partial charge in [-0.2, -0.15) is 5.10 Å². The maximum atomic E-state index is 12.9. The number of nitrogens with zero attached hydrogens (tertiary/aromatic N) is 3. The number of fused-ring (bicyclic) bond motifs is 1. The molecule has 2 aromatic carbocycles. The molecular formula is C20H18N4OS. The van der Waals surface area contributed by atoms with Gasteiger partial charge in [0.15, 0.2) is 0 Å². The molecule has 0 spiro atoms. The van der Waals surface area contributed by atoms with E-state index in [1.165, 1.54) is 0 Å². The van der Waals surface area contributed by atoms with Crippen molar-refractivity contribution in [3.05, 3.63) is 70.5 Å². The fourth-order valence-corrected chi connectivity index (χ4v) is 3.97. The van der Waals surface area contributed by atoms with Gasteiger partial charge in [-0.3, -0.25) is 4.79 Å². The van der Waals surface area contributed by atoms with Gasteiger partial charge in [-0.25, -0.2) is 9.67 Å². The first-order chi connectivity index (χ1) is 12.5. The Labute approximate surface area is 155 Å². The molecule has 6 heteroatoms. The number of nitrogens with one attached hydrogen (secondary N) is 1. The molecule has 130 valence electrons. The van der Waals surface area contributed by atoms with Crippen LogP contribution in [0.2, 0.25) is 0 Å². The third-order valence-electron chi connectivity index (χ3n) is 4.27. The molecule has 4 rings (SSSR count). The average Bonchev–Trinajstić information content (AvgIpc) is 3.13. The van der Waals surface area contributed by atoms with E-state index in [1.54, 1.807) is 16.0 Å². The number of amides is 1. The summed E-state index contributed by atoms with van der Waals surface area (Å²) in [5.74, 6) is -0.150. The van der Waals surface area contributed by atoms with Gasteiger partial charge in [0.25, 0.3) is 5.91 Å². The summed E-state index contributed by atoms with van der Waals surface area (Å²) in [6.07, 6.45) is 0. The lowest BCUT2D eigenvalue weighted by molar-refractivity contribution is 0.102. The van der Waals surface area contributed by atoms with Gasteiger partial charge in [0.1, 0.15) is 0 Å². The highest BCUT2D eigenvalue weighted by Gasteiger charge is 2.19. The second-order valence-electron chi connectivity index (χ2n) is 6.16. The highest BCUT2D eigenvalue weighted by molar-refractivity contribution is 7.18. The highest BCUT2D eigenvalue weighted by atomic mass is 32.1. The van der Waals surface area contributed by atoms with Gasteiger partial charge in [-0.15, -0.1) is 11.3 Å². The van der Waals surface area contributed by atoms with Crippen molar-refractivity contribution in [1.29, 1.82) is 0 Å². The molecule has 1 N–H and O–H groups in total.